The van der Waals surface area contributed by atoms with E-state index in [9.17, 15) is 14.4 Å². The number of anilines is 1. The molecule has 3 aliphatic rings. The highest BCUT2D eigenvalue weighted by molar-refractivity contribution is 6.22. The molecule has 2 amide bonds. The van der Waals surface area contributed by atoms with Crippen LogP contribution in [0.3, 0.4) is 0 Å². The van der Waals surface area contributed by atoms with Gasteiger partial charge in [0.2, 0.25) is 11.8 Å². The number of methoxy groups -OCH3 is 1. The van der Waals surface area contributed by atoms with Crippen molar-refractivity contribution in [1.82, 2.24) is 0 Å². The molecule has 2 saturated carbocycles. The van der Waals surface area contributed by atoms with Crippen molar-refractivity contribution in [3.8, 4) is 0 Å². The Hall–Kier alpha value is -2.17. The molecule has 2 aliphatic carbocycles. The largest absolute Gasteiger partial charge is 0.465 e. The van der Waals surface area contributed by atoms with Crippen LogP contribution in [0.25, 0.3) is 0 Å². The third kappa shape index (κ3) is 1.68. The van der Waals surface area contributed by atoms with Crippen LogP contribution in [0.5, 0.6) is 0 Å². The summed E-state index contributed by atoms with van der Waals surface area (Å²) in [5, 5.41) is 0. The number of benzene rings is 1. The van der Waals surface area contributed by atoms with E-state index >= 15 is 0 Å². The monoisotopic (exact) mass is 299 g/mol. The molecule has 3 fully saturated rings. The fourth-order valence-corrected chi connectivity index (χ4v) is 4.53. The lowest BCUT2D eigenvalue weighted by Crippen LogP contribution is -2.32. The summed E-state index contributed by atoms with van der Waals surface area (Å²) in [6.07, 6.45) is 3.17. The first-order valence-corrected chi connectivity index (χ1v) is 7.68. The molecule has 22 heavy (non-hydrogen) atoms. The van der Waals surface area contributed by atoms with Crippen molar-refractivity contribution in [2.45, 2.75) is 19.3 Å². The van der Waals surface area contributed by atoms with Crippen LogP contribution < -0.4 is 4.90 Å². The van der Waals surface area contributed by atoms with E-state index < -0.39 is 5.97 Å². The number of nitrogens with zero attached hydrogens (tertiary/aromatic N) is 1. The van der Waals surface area contributed by atoms with Crippen LogP contribution in [0.2, 0.25) is 0 Å². The number of fused-ring (bicyclic) bond motifs is 5. The SMILES string of the molecule is COC(=O)c1ccc(N2C(=O)[C@@H]3[C@@H]4CC[C@@H](C4)[C@@H]3C2=O)cc1. The predicted molar refractivity (Wildman–Crippen MR) is 78.1 cm³/mol. The predicted octanol–water partition coefficient (Wildman–Crippen LogP) is 2.01. The van der Waals surface area contributed by atoms with E-state index in [4.69, 9.17) is 0 Å². The number of hydrogen-bond acceptors (Lipinski definition) is 4. The van der Waals surface area contributed by atoms with Crippen molar-refractivity contribution in [3.05, 3.63) is 29.8 Å². The highest BCUT2D eigenvalue weighted by Gasteiger charge is 2.61. The number of hydrogen-bond donors (Lipinski definition) is 0. The molecule has 114 valence electrons. The van der Waals surface area contributed by atoms with E-state index in [1.165, 1.54) is 12.0 Å². The second-order valence-electron chi connectivity index (χ2n) is 6.44. The minimum atomic E-state index is -0.430. The Kier molecular flexibility index (Phi) is 2.86. The Morgan fingerprint density at radius 3 is 2.09 bits per heavy atom. The van der Waals surface area contributed by atoms with Crippen molar-refractivity contribution < 1.29 is 19.1 Å². The van der Waals surface area contributed by atoms with Gasteiger partial charge in [-0.3, -0.25) is 14.5 Å². The third-order valence-electron chi connectivity index (χ3n) is 5.47. The lowest BCUT2D eigenvalue weighted by molar-refractivity contribution is -0.123. The molecule has 4 atom stereocenters. The maximum Gasteiger partial charge on any atom is 0.337 e. The molecule has 1 aliphatic heterocycles. The molecule has 5 heteroatoms. The Balaban J connectivity index is 1.64. The summed E-state index contributed by atoms with van der Waals surface area (Å²) in [6, 6.07) is 6.46. The third-order valence-corrected chi connectivity index (χ3v) is 5.47. The molecule has 1 aromatic carbocycles. The average Bonchev–Trinajstić information content (AvgIpc) is 3.21. The van der Waals surface area contributed by atoms with Gasteiger partial charge in [0.25, 0.3) is 0 Å². The molecule has 4 rings (SSSR count). The Bertz CT molecular complexity index is 638. The quantitative estimate of drug-likeness (QED) is 0.619. The van der Waals surface area contributed by atoms with Gasteiger partial charge in [-0.2, -0.15) is 0 Å². The van der Waals surface area contributed by atoms with Crippen LogP contribution in [0.1, 0.15) is 29.6 Å². The van der Waals surface area contributed by atoms with Crippen molar-refractivity contribution in [2.24, 2.45) is 23.7 Å². The van der Waals surface area contributed by atoms with E-state index in [2.05, 4.69) is 4.74 Å². The minimum Gasteiger partial charge on any atom is -0.465 e. The minimum absolute atomic E-state index is 0.0620. The van der Waals surface area contributed by atoms with E-state index in [-0.39, 0.29) is 23.7 Å². The molecule has 1 heterocycles. The van der Waals surface area contributed by atoms with Crippen LogP contribution in [-0.4, -0.2) is 24.9 Å². The van der Waals surface area contributed by atoms with Crippen LogP contribution in [0.15, 0.2) is 24.3 Å². The summed E-state index contributed by atoms with van der Waals surface area (Å²) in [6.45, 7) is 0. The fraction of sp³-hybridized carbons (Fsp3) is 0.471. The second-order valence-corrected chi connectivity index (χ2v) is 6.44. The molecule has 5 nitrogen and oxygen atoms in total. The van der Waals surface area contributed by atoms with E-state index in [1.54, 1.807) is 24.3 Å². The van der Waals surface area contributed by atoms with Crippen LogP contribution in [-0.2, 0) is 14.3 Å². The molecule has 2 bridgehead atoms. The van der Waals surface area contributed by atoms with E-state index in [0.717, 1.165) is 19.3 Å². The van der Waals surface area contributed by atoms with Crippen molar-refractivity contribution in [2.75, 3.05) is 12.0 Å². The van der Waals surface area contributed by atoms with Gasteiger partial charge in [0.1, 0.15) is 0 Å². The molecule has 1 saturated heterocycles. The Labute approximate surface area is 128 Å². The molecule has 1 aromatic rings. The van der Waals surface area contributed by atoms with Crippen LogP contribution in [0, 0.1) is 23.7 Å². The van der Waals surface area contributed by atoms with Crippen molar-refractivity contribution in [1.29, 1.82) is 0 Å². The smallest absolute Gasteiger partial charge is 0.337 e. The standard InChI is InChI=1S/C17H17NO4/c1-22-17(21)9-4-6-12(7-5-9)18-15(19)13-10-2-3-11(8-10)14(13)16(18)20/h4-7,10-11,13-14H,2-3,8H2,1H3/t10-,11+,13-,14+. The van der Waals surface area contributed by atoms with Crippen LogP contribution in [0.4, 0.5) is 5.69 Å². The average molecular weight is 299 g/mol. The number of amides is 2. The molecule has 0 aromatic heterocycles. The van der Waals surface area contributed by atoms with Crippen molar-refractivity contribution in [3.63, 3.8) is 0 Å². The zero-order valence-corrected chi connectivity index (χ0v) is 12.3. The van der Waals surface area contributed by atoms with Gasteiger partial charge in [-0.15, -0.1) is 0 Å². The maximum absolute atomic E-state index is 12.7. The molecule has 0 spiro atoms. The van der Waals surface area contributed by atoms with Gasteiger partial charge in [-0.05, 0) is 55.4 Å². The number of carbonyl (C=O) groups excluding carboxylic acids is 3. The molecular formula is C17H17NO4. The lowest BCUT2D eigenvalue weighted by atomic mass is 9.81. The Morgan fingerprint density at radius 1 is 1.05 bits per heavy atom. The van der Waals surface area contributed by atoms with Gasteiger partial charge < -0.3 is 4.74 Å². The maximum atomic E-state index is 12.7. The highest BCUT2D eigenvalue weighted by Crippen LogP contribution is 2.56. The number of esters is 1. The number of carbonyl (C=O) groups is 3. The lowest BCUT2D eigenvalue weighted by Gasteiger charge is -2.19. The normalized spacial score (nSPS) is 32.5. The zero-order chi connectivity index (χ0) is 15.4. The number of imide groups is 1. The van der Waals surface area contributed by atoms with Gasteiger partial charge in [0.15, 0.2) is 0 Å². The van der Waals surface area contributed by atoms with Gasteiger partial charge in [0, 0.05) is 0 Å². The summed E-state index contributed by atoms with van der Waals surface area (Å²) in [5.74, 6) is -0.0313. The summed E-state index contributed by atoms with van der Waals surface area (Å²) in [7, 11) is 1.32. The second kappa shape index (κ2) is 4.66. The molecular weight excluding hydrogens is 282 g/mol. The first kappa shape index (κ1) is 13.5. The summed E-state index contributed by atoms with van der Waals surface area (Å²) < 4.78 is 4.65. The summed E-state index contributed by atoms with van der Waals surface area (Å²) in [4.78, 5) is 38.1. The van der Waals surface area contributed by atoms with Gasteiger partial charge >= 0.3 is 5.97 Å². The highest BCUT2D eigenvalue weighted by atomic mass is 16.5. The Morgan fingerprint density at radius 2 is 1.59 bits per heavy atom. The first-order valence-electron chi connectivity index (χ1n) is 7.68. The van der Waals surface area contributed by atoms with E-state index in [0.29, 0.717) is 23.1 Å². The molecule has 0 radical (unpaired) electrons. The summed E-state index contributed by atoms with van der Waals surface area (Å²) in [5.41, 5.74) is 0.960. The zero-order valence-electron chi connectivity index (χ0n) is 12.3. The number of rotatable bonds is 2. The van der Waals surface area contributed by atoms with Gasteiger partial charge in [0.05, 0.1) is 30.2 Å². The van der Waals surface area contributed by atoms with Crippen LogP contribution >= 0.6 is 0 Å². The van der Waals surface area contributed by atoms with E-state index in [1.807, 2.05) is 0 Å². The van der Waals surface area contributed by atoms with Gasteiger partial charge in [-0.25, -0.2) is 4.79 Å². The number of ether oxygens (including phenoxy) is 1. The fourth-order valence-electron chi connectivity index (χ4n) is 4.53. The van der Waals surface area contributed by atoms with Gasteiger partial charge in [-0.1, -0.05) is 0 Å². The topological polar surface area (TPSA) is 63.7 Å². The molecule has 0 N–H and O–H groups in total. The summed E-state index contributed by atoms with van der Waals surface area (Å²) >= 11 is 0. The van der Waals surface area contributed by atoms with Crippen molar-refractivity contribution >= 4 is 23.5 Å². The first-order chi connectivity index (χ1) is 10.6. The molecule has 0 unspecified atom stereocenters.